The minimum Gasteiger partial charge on any atom is -0.490 e. The molecule has 0 saturated carbocycles. The minimum absolute atomic E-state index is 0.0661. The van der Waals surface area contributed by atoms with Crippen molar-refractivity contribution in [1.82, 2.24) is 19.9 Å². The normalized spacial score (nSPS) is 11.9. The summed E-state index contributed by atoms with van der Waals surface area (Å²) in [6, 6.07) is 18.6. The van der Waals surface area contributed by atoms with Gasteiger partial charge in [0.25, 0.3) is 5.91 Å². The third-order valence-corrected chi connectivity index (χ3v) is 6.50. The Labute approximate surface area is 231 Å². The second-order valence-electron chi connectivity index (χ2n) is 9.77. The fourth-order valence-corrected chi connectivity index (χ4v) is 4.58. The minimum atomic E-state index is -0.309. The number of nitriles is 1. The van der Waals surface area contributed by atoms with Crippen molar-refractivity contribution < 1.29 is 19.2 Å². The molecule has 1 amide bonds. The molecule has 0 radical (unpaired) electrons. The summed E-state index contributed by atoms with van der Waals surface area (Å²) in [5.74, 6) is 0.136. The molecule has 9 nitrogen and oxygen atoms in total. The number of hydrogen-bond acceptors (Lipinski definition) is 7. The first kappa shape index (κ1) is 26.7. The Balaban J connectivity index is 1.30. The zero-order chi connectivity index (χ0) is 28.1. The fourth-order valence-electron chi connectivity index (χ4n) is 4.58. The van der Waals surface area contributed by atoms with E-state index in [2.05, 4.69) is 16.5 Å². The number of imidazole rings is 1. The van der Waals surface area contributed by atoms with Gasteiger partial charge < -0.3 is 24.1 Å². The van der Waals surface area contributed by atoms with Gasteiger partial charge in [0, 0.05) is 47.3 Å². The van der Waals surface area contributed by atoms with Gasteiger partial charge in [0.1, 0.15) is 23.7 Å². The Morgan fingerprint density at radius 1 is 1.18 bits per heavy atom. The summed E-state index contributed by atoms with van der Waals surface area (Å²) < 4.78 is 12.6. The van der Waals surface area contributed by atoms with Crippen LogP contribution in [-0.2, 0) is 6.42 Å². The van der Waals surface area contributed by atoms with Gasteiger partial charge in [-0.25, -0.2) is 4.98 Å². The van der Waals surface area contributed by atoms with Gasteiger partial charge in [0.05, 0.1) is 23.6 Å². The largest absolute Gasteiger partial charge is 0.490 e. The Morgan fingerprint density at radius 2 is 2.00 bits per heavy atom. The zero-order valence-corrected chi connectivity index (χ0v) is 22.2. The fraction of sp³-hybridized carbons (Fsp3) is 0.226. The summed E-state index contributed by atoms with van der Waals surface area (Å²) in [5, 5.41) is 25.9. The van der Waals surface area contributed by atoms with E-state index in [0.29, 0.717) is 29.7 Å². The monoisotopic (exact) mass is 535 g/mol. The standard InChI is InChI=1S/C31H29N5O4/c1-20(2)40-29-10-9-23(15-24(29)16-32)31(38)34-26(11-13-37)14-21-5-7-22(8-6-21)28-18-36-12-3-4-27(30(36)35-28)25-17-33-39-19-25/h3-10,12,15,17-20,26,37H,11,13-14H2,1-2H3,(H,34,38)/t26-/m1/s1. The lowest BCUT2D eigenvalue weighted by molar-refractivity contribution is 0.0930. The number of rotatable bonds is 10. The molecule has 40 heavy (non-hydrogen) atoms. The third kappa shape index (κ3) is 5.87. The molecule has 0 aliphatic carbocycles. The predicted octanol–water partition coefficient (Wildman–Crippen LogP) is 5.04. The summed E-state index contributed by atoms with van der Waals surface area (Å²) in [6.45, 7) is 3.69. The quantitative estimate of drug-likeness (QED) is 0.257. The molecular formula is C31H29N5O4. The van der Waals surface area contributed by atoms with Crippen LogP contribution < -0.4 is 10.1 Å². The highest BCUT2D eigenvalue weighted by atomic mass is 16.5. The molecule has 3 aromatic heterocycles. The van der Waals surface area contributed by atoms with Crippen LogP contribution in [0.25, 0.3) is 28.0 Å². The Kier molecular flexibility index (Phi) is 7.89. The van der Waals surface area contributed by atoms with E-state index in [9.17, 15) is 15.2 Å². The van der Waals surface area contributed by atoms with Gasteiger partial charge in [-0.3, -0.25) is 4.79 Å². The molecule has 202 valence electrons. The predicted molar refractivity (Wildman–Crippen MR) is 150 cm³/mol. The van der Waals surface area contributed by atoms with E-state index in [-0.39, 0.29) is 24.7 Å². The molecule has 1 atom stereocenters. The maximum atomic E-state index is 13.0. The number of pyridine rings is 1. The van der Waals surface area contributed by atoms with E-state index in [0.717, 1.165) is 33.6 Å². The van der Waals surface area contributed by atoms with Crippen LogP contribution in [0.3, 0.4) is 0 Å². The molecule has 2 N–H and O–H groups in total. The Bertz CT molecular complexity index is 1650. The average molecular weight is 536 g/mol. The van der Waals surface area contributed by atoms with Gasteiger partial charge in [-0.15, -0.1) is 0 Å². The summed E-state index contributed by atoms with van der Waals surface area (Å²) >= 11 is 0. The summed E-state index contributed by atoms with van der Waals surface area (Å²) in [4.78, 5) is 17.8. The number of nitrogens with zero attached hydrogens (tertiary/aromatic N) is 4. The first-order chi connectivity index (χ1) is 19.4. The number of amides is 1. The molecule has 0 unspecified atom stereocenters. The molecule has 5 aromatic rings. The smallest absolute Gasteiger partial charge is 0.251 e. The first-order valence-corrected chi connectivity index (χ1v) is 13.0. The van der Waals surface area contributed by atoms with Gasteiger partial charge in [-0.05, 0) is 62.6 Å². The highest BCUT2D eigenvalue weighted by molar-refractivity contribution is 5.95. The van der Waals surface area contributed by atoms with Gasteiger partial charge in [0.2, 0.25) is 0 Å². The van der Waals surface area contributed by atoms with E-state index in [1.54, 1.807) is 24.6 Å². The van der Waals surface area contributed by atoms with Crippen LogP contribution in [0.5, 0.6) is 5.75 Å². The van der Waals surface area contributed by atoms with Gasteiger partial charge >= 0.3 is 0 Å². The molecule has 0 spiro atoms. The van der Waals surface area contributed by atoms with E-state index < -0.39 is 0 Å². The molecule has 0 aliphatic rings. The van der Waals surface area contributed by atoms with Gasteiger partial charge in [0.15, 0.2) is 0 Å². The molecule has 9 heteroatoms. The number of fused-ring (bicyclic) bond motifs is 1. The molecule has 2 aromatic carbocycles. The van der Waals surface area contributed by atoms with Crippen LogP contribution in [0, 0.1) is 11.3 Å². The van der Waals surface area contributed by atoms with E-state index in [1.807, 2.05) is 67.0 Å². The zero-order valence-electron chi connectivity index (χ0n) is 22.2. The SMILES string of the molecule is CC(C)Oc1ccc(C(=O)N[C@H](CCO)Cc2ccc(-c3cn4cccc(-c5cnoc5)c4n3)cc2)cc1C#N. The lowest BCUT2D eigenvalue weighted by Gasteiger charge is -2.19. The second-order valence-corrected chi connectivity index (χ2v) is 9.77. The van der Waals surface area contributed by atoms with E-state index in [4.69, 9.17) is 14.2 Å². The Morgan fingerprint density at radius 3 is 2.70 bits per heavy atom. The van der Waals surface area contributed by atoms with Crippen molar-refractivity contribution in [2.75, 3.05) is 6.61 Å². The van der Waals surface area contributed by atoms with E-state index in [1.165, 1.54) is 6.07 Å². The van der Waals surface area contributed by atoms with Crippen LogP contribution in [0.15, 0.2) is 84.0 Å². The average Bonchev–Trinajstić information content (AvgIpc) is 3.64. The van der Waals surface area contributed by atoms with Gasteiger partial charge in [-0.2, -0.15) is 5.26 Å². The molecule has 5 rings (SSSR count). The number of aliphatic hydroxyl groups is 1. The van der Waals surface area contributed by atoms with Crippen molar-refractivity contribution in [2.24, 2.45) is 0 Å². The van der Waals surface area contributed by atoms with Crippen LogP contribution in [0.4, 0.5) is 0 Å². The van der Waals surface area contributed by atoms with Crippen LogP contribution in [0.1, 0.15) is 41.8 Å². The number of nitrogens with one attached hydrogen (secondary N) is 1. The number of benzene rings is 2. The lowest BCUT2D eigenvalue weighted by Crippen LogP contribution is -2.37. The lowest BCUT2D eigenvalue weighted by atomic mass is 10.0. The highest BCUT2D eigenvalue weighted by Crippen LogP contribution is 2.27. The number of ether oxygens (including phenoxy) is 1. The third-order valence-electron chi connectivity index (χ3n) is 6.50. The summed E-state index contributed by atoms with van der Waals surface area (Å²) in [6.07, 6.45) is 8.03. The second kappa shape index (κ2) is 11.8. The van der Waals surface area contributed by atoms with Crippen molar-refractivity contribution in [3.05, 3.63) is 96.1 Å². The summed E-state index contributed by atoms with van der Waals surface area (Å²) in [7, 11) is 0. The molecule has 0 fully saturated rings. The Hall–Kier alpha value is -4.94. The highest BCUT2D eigenvalue weighted by Gasteiger charge is 2.17. The number of aromatic nitrogens is 3. The molecule has 3 heterocycles. The van der Waals surface area contributed by atoms with Crippen molar-refractivity contribution in [2.45, 2.75) is 38.8 Å². The number of aliphatic hydroxyl groups excluding tert-OH is 1. The van der Waals surface area contributed by atoms with Crippen LogP contribution in [-0.4, -0.2) is 44.3 Å². The van der Waals surface area contributed by atoms with Crippen molar-refractivity contribution in [3.8, 4) is 34.2 Å². The van der Waals surface area contributed by atoms with Crippen molar-refractivity contribution >= 4 is 11.6 Å². The number of carbonyl (C=O) groups excluding carboxylic acids is 1. The molecule has 0 saturated heterocycles. The van der Waals surface area contributed by atoms with E-state index >= 15 is 0 Å². The first-order valence-electron chi connectivity index (χ1n) is 13.0. The van der Waals surface area contributed by atoms with Gasteiger partial charge in [-0.1, -0.05) is 29.4 Å². The summed E-state index contributed by atoms with van der Waals surface area (Å²) in [5.41, 5.74) is 6.05. The number of carbonyl (C=O) groups is 1. The maximum absolute atomic E-state index is 13.0. The van der Waals surface area contributed by atoms with Crippen molar-refractivity contribution in [1.29, 1.82) is 5.26 Å². The maximum Gasteiger partial charge on any atom is 0.251 e. The van der Waals surface area contributed by atoms with Crippen LogP contribution >= 0.6 is 0 Å². The van der Waals surface area contributed by atoms with Crippen LogP contribution in [0.2, 0.25) is 0 Å². The molecule has 0 bridgehead atoms. The molecule has 0 aliphatic heterocycles. The topological polar surface area (TPSA) is 126 Å². The molecular weight excluding hydrogens is 506 g/mol. The number of hydrogen-bond donors (Lipinski definition) is 2. The van der Waals surface area contributed by atoms with Crippen molar-refractivity contribution in [3.63, 3.8) is 0 Å².